The van der Waals surface area contributed by atoms with Crippen LogP contribution in [0.4, 0.5) is 11.4 Å². The summed E-state index contributed by atoms with van der Waals surface area (Å²) in [6, 6.07) is 6.92. The summed E-state index contributed by atoms with van der Waals surface area (Å²) in [7, 11) is 0. The van der Waals surface area contributed by atoms with Crippen molar-refractivity contribution < 1.29 is 14.3 Å². The van der Waals surface area contributed by atoms with Crippen molar-refractivity contribution in [2.45, 2.75) is 0 Å². The van der Waals surface area contributed by atoms with Crippen LogP contribution in [0.3, 0.4) is 0 Å². The van der Waals surface area contributed by atoms with Crippen LogP contribution in [-0.2, 0) is 14.3 Å². The number of nitrogen functional groups attached to an aromatic ring is 1. The minimum absolute atomic E-state index is 0.175. The second-order valence-corrected chi connectivity index (χ2v) is 3.28. The first-order valence-electron chi connectivity index (χ1n) is 4.87. The lowest BCUT2D eigenvalue weighted by molar-refractivity contribution is -0.117. The fourth-order valence-corrected chi connectivity index (χ4v) is 1.30. The first-order chi connectivity index (χ1) is 7.75. The number of ether oxygens (including phenoxy) is 2. The molecule has 0 aliphatic carbocycles. The molecule has 0 unspecified atom stereocenters. The number of nitrogens with two attached hydrogens (primary N) is 1. The molecule has 0 aromatic heterocycles. The van der Waals surface area contributed by atoms with Crippen molar-refractivity contribution in [3.63, 3.8) is 0 Å². The SMILES string of the molecule is Nc1cccc(NC(=O)C2=COCCO2)c1. The molecule has 2 rings (SSSR count). The van der Waals surface area contributed by atoms with Gasteiger partial charge in [0.15, 0.2) is 0 Å². The quantitative estimate of drug-likeness (QED) is 0.732. The van der Waals surface area contributed by atoms with Crippen molar-refractivity contribution in [3.05, 3.63) is 36.3 Å². The summed E-state index contributed by atoms with van der Waals surface area (Å²) in [5.41, 5.74) is 6.81. The van der Waals surface area contributed by atoms with Gasteiger partial charge in [0.1, 0.15) is 19.5 Å². The molecule has 1 amide bonds. The molecular formula is C11H12N2O3. The van der Waals surface area contributed by atoms with Gasteiger partial charge in [0.05, 0.1) is 0 Å². The van der Waals surface area contributed by atoms with Gasteiger partial charge < -0.3 is 20.5 Å². The third-order valence-corrected chi connectivity index (χ3v) is 2.02. The number of rotatable bonds is 2. The molecule has 0 bridgehead atoms. The topological polar surface area (TPSA) is 73.6 Å². The van der Waals surface area contributed by atoms with Gasteiger partial charge >= 0.3 is 0 Å². The summed E-state index contributed by atoms with van der Waals surface area (Å²) in [6.07, 6.45) is 1.31. The minimum Gasteiger partial charge on any atom is -0.494 e. The zero-order valence-electron chi connectivity index (χ0n) is 8.60. The number of hydrogen-bond donors (Lipinski definition) is 2. The maximum Gasteiger partial charge on any atom is 0.294 e. The molecule has 0 atom stereocenters. The van der Waals surface area contributed by atoms with Gasteiger partial charge in [0, 0.05) is 11.4 Å². The Morgan fingerprint density at radius 2 is 2.25 bits per heavy atom. The zero-order valence-corrected chi connectivity index (χ0v) is 8.60. The van der Waals surface area contributed by atoms with Crippen LogP contribution in [-0.4, -0.2) is 19.1 Å². The van der Waals surface area contributed by atoms with E-state index in [1.165, 1.54) is 6.26 Å². The Hall–Kier alpha value is -2.17. The first-order valence-corrected chi connectivity index (χ1v) is 4.87. The van der Waals surface area contributed by atoms with Crippen LogP contribution < -0.4 is 11.1 Å². The average molecular weight is 220 g/mol. The summed E-state index contributed by atoms with van der Waals surface area (Å²) in [5, 5.41) is 2.66. The molecule has 0 radical (unpaired) electrons. The molecule has 5 nitrogen and oxygen atoms in total. The fraction of sp³-hybridized carbons (Fsp3) is 0.182. The van der Waals surface area contributed by atoms with Crippen LogP contribution in [0.15, 0.2) is 36.3 Å². The normalized spacial score (nSPS) is 14.4. The van der Waals surface area contributed by atoms with Crippen LogP contribution in [0.1, 0.15) is 0 Å². The van der Waals surface area contributed by atoms with Crippen LogP contribution in [0, 0.1) is 0 Å². The van der Waals surface area contributed by atoms with E-state index in [9.17, 15) is 4.79 Å². The number of amides is 1. The Labute approximate surface area is 92.8 Å². The molecule has 1 aliphatic rings. The maximum absolute atomic E-state index is 11.7. The molecule has 3 N–H and O–H groups in total. The zero-order chi connectivity index (χ0) is 11.4. The predicted octanol–water partition coefficient (Wildman–Crippen LogP) is 1.10. The molecule has 1 aromatic carbocycles. The summed E-state index contributed by atoms with van der Waals surface area (Å²) in [6.45, 7) is 0.852. The smallest absolute Gasteiger partial charge is 0.294 e. The Balaban J connectivity index is 2.04. The Morgan fingerprint density at radius 1 is 1.38 bits per heavy atom. The highest BCUT2D eigenvalue weighted by Crippen LogP contribution is 2.14. The lowest BCUT2D eigenvalue weighted by atomic mass is 10.3. The number of benzene rings is 1. The summed E-state index contributed by atoms with van der Waals surface area (Å²) in [4.78, 5) is 11.7. The largest absolute Gasteiger partial charge is 0.494 e. The van der Waals surface area contributed by atoms with Gasteiger partial charge in [0.2, 0.25) is 5.76 Å². The third kappa shape index (κ3) is 2.44. The van der Waals surface area contributed by atoms with E-state index in [1.807, 2.05) is 0 Å². The highest BCUT2D eigenvalue weighted by molar-refractivity contribution is 6.02. The van der Waals surface area contributed by atoms with Crippen LogP contribution in [0.2, 0.25) is 0 Å². The Kier molecular flexibility index (Phi) is 2.95. The molecule has 0 spiro atoms. The molecule has 5 heteroatoms. The monoisotopic (exact) mass is 220 g/mol. The molecular weight excluding hydrogens is 208 g/mol. The summed E-state index contributed by atoms with van der Waals surface area (Å²) < 4.78 is 10.1. The third-order valence-electron chi connectivity index (χ3n) is 2.02. The Morgan fingerprint density at radius 3 is 2.94 bits per heavy atom. The molecule has 84 valence electrons. The maximum atomic E-state index is 11.7. The van der Waals surface area contributed by atoms with Crippen molar-refractivity contribution in [2.24, 2.45) is 0 Å². The van der Waals surface area contributed by atoms with Crippen molar-refractivity contribution in [2.75, 3.05) is 24.3 Å². The lowest BCUT2D eigenvalue weighted by Crippen LogP contribution is -2.21. The van der Waals surface area contributed by atoms with Crippen molar-refractivity contribution in [1.82, 2.24) is 0 Å². The van der Waals surface area contributed by atoms with E-state index in [2.05, 4.69) is 5.32 Å². The van der Waals surface area contributed by atoms with E-state index >= 15 is 0 Å². The molecule has 16 heavy (non-hydrogen) atoms. The van der Waals surface area contributed by atoms with Gasteiger partial charge in [-0.25, -0.2) is 0 Å². The van der Waals surface area contributed by atoms with E-state index in [4.69, 9.17) is 15.2 Å². The molecule has 0 fully saturated rings. The number of anilines is 2. The fourth-order valence-electron chi connectivity index (χ4n) is 1.30. The van der Waals surface area contributed by atoms with E-state index in [-0.39, 0.29) is 11.7 Å². The van der Waals surface area contributed by atoms with Crippen molar-refractivity contribution in [1.29, 1.82) is 0 Å². The number of carbonyl (C=O) groups excluding carboxylic acids is 1. The van der Waals surface area contributed by atoms with E-state index < -0.39 is 0 Å². The van der Waals surface area contributed by atoms with Crippen LogP contribution in [0.5, 0.6) is 0 Å². The number of carbonyl (C=O) groups is 1. The standard InChI is InChI=1S/C11H12N2O3/c12-8-2-1-3-9(6-8)13-11(14)10-7-15-4-5-16-10/h1-3,6-7H,4-5,12H2,(H,13,14). The summed E-state index contributed by atoms with van der Waals surface area (Å²) >= 11 is 0. The number of hydrogen-bond acceptors (Lipinski definition) is 4. The molecule has 0 saturated carbocycles. The van der Waals surface area contributed by atoms with Crippen molar-refractivity contribution >= 4 is 17.3 Å². The Bertz CT molecular complexity index is 429. The van der Waals surface area contributed by atoms with E-state index in [0.29, 0.717) is 24.6 Å². The lowest BCUT2D eigenvalue weighted by Gasteiger charge is -2.15. The molecule has 1 aliphatic heterocycles. The number of nitrogens with one attached hydrogen (secondary N) is 1. The highest BCUT2D eigenvalue weighted by atomic mass is 16.6. The van der Waals surface area contributed by atoms with Gasteiger partial charge in [-0.1, -0.05) is 6.07 Å². The van der Waals surface area contributed by atoms with E-state index in [0.717, 1.165) is 0 Å². The predicted molar refractivity (Wildman–Crippen MR) is 59.5 cm³/mol. The van der Waals surface area contributed by atoms with Gasteiger partial charge in [0.25, 0.3) is 5.91 Å². The average Bonchev–Trinajstić information content (AvgIpc) is 2.30. The molecule has 0 saturated heterocycles. The van der Waals surface area contributed by atoms with Crippen LogP contribution >= 0.6 is 0 Å². The molecule has 1 heterocycles. The van der Waals surface area contributed by atoms with E-state index in [1.54, 1.807) is 24.3 Å². The van der Waals surface area contributed by atoms with Gasteiger partial charge in [-0.3, -0.25) is 4.79 Å². The second kappa shape index (κ2) is 4.57. The van der Waals surface area contributed by atoms with Crippen LogP contribution in [0.25, 0.3) is 0 Å². The summed E-state index contributed by atoms with van der Waals surface area (Å²) in [5.74, 6) is -0.168. The van der Waals surface area contributed by atoms with Gasteiger partial charge in [-0.2, -0.15) is 0 Å². The molecule has 1 aromatic rings. The van der Waals surface area contributed by atoms with Gasteiger partial charge in [-0.15, -0.1) is 0 Å². The first kappa shape index (κ1) is 10.4. The van der Waals surface area contributed by atoms with Crippen molar-refractivity contribution in [3.8, 4) is 0 Å². The highest BCUT2D eigenvalue weighted by Gasteiger charge is 2.14. The minimum atomic E-state index is -0.342. The van der Waals surface area contributed by atoms with Gasteiger partial charge in [-0.05, 0) is 18.2 Å². The second-order valence-electron chi connectivity index (χ2n) is 3.28.